The number of carbonyl (C=O) groups is 2. The number of hydrogen-bond donors (Lipinski definition) is 4. The predicted octanol–water partition coefficient (Wildman–Crippen LogP) is 2.27. The summed E-state index contributed by atoms with van der Waals surface area (Å²) in [6, 6.07) is 11.5. The summed E-state index contributed by atoms with van der Waals surface area (Å²) in [5.41, 5.74) is 14.7. The molecule has 1 aliphatic heterocycles. The Labute approximate surface area is 199 Å². The molecule has 0 bridgehead atoms. The smallest absolute Gasteiger partial charge is 0.320 e. The van der Waals surface area contributed by atoms with E-state index in [2.05, 4.69) is 21.3 Å². The van der Waals surface area contributed by atoms with Crippen LogP contribution in [0.5, 0.6) is 5.75 Å². The molecular formula is C25H33N5O4. The van der Waals surface area contributed by atoms with Crippen molar-refractivity contribution in [2.45, 2.75) is 45.2 Å². The van der Waals surface area contributed by atoms with Crippen LogP contribution in [0.3, 0.4) is 0 Å². The van der Waals surface area contributed by atoms with Gasteiger partial charge in [-0.15, -0.1) is 0 Å². The molecule has 2 aromatic carbocycles. The molecule has 9 heteroatoms. The largest absolute Gasteiger partial charge is 0.493 e. The highest BCUT2D eigenvalue weighted by Crippen LogP contribution is 2.31. The second-order valence-corrected chi connectivity index (χ2v) is 8.24. The summed E-state index contributed by atoms with van der Waals surface area (Å²) < 4.78 is 5.84. The van der Waals surface area contributed by atoms with Crippen molar-refractivity contribution in [3.8, 4) is 5.75 Å². The van der Waals surface area contributed by atoms with Crippen LogP contribution in [0, 0.1) is 0 Å². The zero-order valence-electron chi connectivity index (χ0n) is 19.5. The van der Waals surface area contributed by atoms with Crippen molar-refractivity contribution in [2.24, 2.45) is 16.5 Å². The fraction of sp³-hybridized carbons (Fsp3) is 0.400. The number of ether oxygens (including phenoxy) is 1. The monoisotopic (exact) mass is 467 g/mol. The molecule has 1 fully saturated rings. The molecule has 0 spiro atoms. The first-order chi connectivity index (χ1) is 16.4. The van der Waals surface area contributed by atoms with Gasteiger partial charge in [-0.3, -0.25) is 9.59 Å². The minimum Gasteiger partial charge on any atom is -0.493 e. The van der Waals surface area contributed by atoms with Crippen LogP contribution in [-0.4, -0.2) is 48.7 Å². The van der Waals surface area contributed by atoms with Crippen LogP contribution in [0.15, 0.2) is 47.5 Å². The van der Waals surface area contributed by atoms with Crippen molar-refractivity contribution in [1.82, 2.24) is 5.32 Å². The van der Waals surface area contributed by atoms with Gasteiger partial charge in [0.2, 0.25) is 0 Å². The molecule has 1 saturated heterocycles. The van der Waals surface area contributed by atoms with Gasteiger partial charge in [0.05, 0.1) is 6.61 Å². The minimum atomic E-state index is -1.07. The number of aliphatic imine (C=N–C) groups is 1. The lowest BCUT2D eigenvalue weighted by molar-refractivity contribution is -0.138. The van der Waals surface area contributed by atoms with E-state index in [4.69, 9.17) is 21.3 Å². The van der Waals surface area contributed by atoms with E-state index in [1.54, 1.807) is 24.3 Å². The third kappa shape index (κ3) is 6.71. The maximum Gasteiger partial charge on any atom is 0.320 e. The van der Waals surface area contributed by atoms with Gasteiger partial charge in [-0.05, 0) is 62.4 Å². The first-order valence-electron chi connectivity index (χ1n) is 11.6. The van der Waals surface area contributed by atoms with Crippen LogP contribution in [0.4, 0.5) is 5.69 Å². The van der Waals surface area contributed by atoms with Gasteiger partial charge in [-0.25, -0.2) is 0 Å². The zero-order valence-corrected chi connectivity index (χ0v) is 19.5. The Balaban J connectivity index is 1.68. The summed E-state index contributed by atoms with van der Waals surface area (Å²) in [4.78, 5) is 29.8. The number of carbonyl (C=O) groups excluding carboxylic acids is 1. The molecule has 34 heavy (non-hydrogen) atoms. The SMILES string of the molecule is CCOc1cccc(N2CCCCC2)c1CN/C(N)=N/C(=O)c1ccc(C[C@H](N)C(=O)O)cc1. The van der Waals surface area contributed by atoms with Crippen LogP contribution >= 0.6 is 0 Å². The van der Waals surface area contributed by atoms with Gasteiger partial charge in [0.15, 0.2) is 5.96 Å². The molecule has 0 aliphatic carbocycles. The molecule has 6 N–H and O–H groups in total. The number of piperidine rings is 1. The van der Waals surface area contributed by atoms with Crippen LogP contribution < -0.4 is 26.4 Å². The van der Waals surface area contributed by atoms with E-state index in [0.717, 1.165) is 48.5 Å². The summed E-state index contributed by atoms with van der Waals surface area (Å²) in [7, 11) is 0. The molecular weight excluding hydrogens is 434 g/mol. The van der Waals surface area contributed by atoms with Crippen molar-refractivity contribution >= 4 is 23.5 Å². The number of guanidine groups is 1. The molecule has 0 aromatic heterocycles. The molecule has 0 unspecified atom stereocenters. The number of nitrogens with zero attached hydrogens (tertiary/aromatic N) is 2. The Morgan fingerprint density at radius 2 is 1.85 bits per heavy atom. The third-order valence-corrected chi connectivity index (χ3v) is 5.75. The highest BCUT2D eigenvalue weighted by Gasteiger charge is 2.18. The molecule has 1 amide bonds. The van der Waals surface area contributed by atoms with E-state index in [0.29, 0.717) is 18.7 Å². The van der Waals surface area contributed by atoms with Gasteiger partial charge in [-0.1, -0.05) is 18.2 Å². The van der Waals surface area contributed by atoms with Crippen molar-refractivity contribution in [1.29, 1.82) is 0 Å². The highest BCUT2D eigenvalue weighted by atomic mass is 16.5. The molecule has 3 rings (SSSR count). The number of aliphatic carboxylic acids is 1. The average molecular weight is 468 g/mol. The number of carboxylic acids is 1. The second-order valence-electron chi connectivity index (χ2n) is 8.24. The summed E-state index contributed by atoms with van der Waals surface area (Å²) in [5.74, 6) is -0.767. The maximum atomic E-state index is 12.5. The van der Waals surface area contributed by atoms with Crippen molar-refractivity contribution < 1.29 is 19.4 Å². The van der Waals surface area contributed by atoms with Crippen LogP contribution in [0.25, 0.3) is 0 Å². The lowest BCUT2D eigenvalue weighted by Gasteiger charge is -2.31. The number of carboxylic acid groups (broad SMARTS) is 1. The number of rotatable bonds is 9. The Kier molecular flexibility index (Phi) is 8.86. The van der Waals surface area contributed by atoms with Gasteiger partial charge in [0, 0.05) is 36.4 Å². The van der Waals surface area contributed by atoms with Gasteiger partial charge >= 0.3 is 5.97 Å². The van der Waals surface area contributed by atoms with Crippen LogP contribution in [-0.2, 0) is 17.8 Å². The summed E-state index contributed by atoms with van der Waals surface area (Å²) >= 11 is 0. The molecule has 182 valence electrons. The molecule has 0 radical (unpaired) electrons. The minimum absolute atomic E-state index is 0.0119. The Morgan fingerprint density at radius 1 is 1.15 bits per heavy atom. The summed E-state index contributed by atoms with van der Waals surface area (Å²) in [6.45, 7) is 4.86. The van der Waals surface area contributed by atoms with Crippen LogP contribution in [0.2, 0.25) is 0 Å². The quantitative estimate of drug-likeness (QED) is 0.325. The van der Waals surface area contributed by atoms with E-state index in [9.17, 15) is 9.59 Å². The van der Waals surface area contributed by atoms with Gasteiger partial charge in [0.25, 0.3) is 5.91 Å². The molecule has 1 atom stereocenters. The van der Waals surface area contributed by atoms with Gasteiger partial charge < -0.3 is 31.5 Å². The lowest BCUT2D eigenvalue weighted by atomic mass is 10.0. The number of nitrogens with two attached hydrogens (primary N) is 2. The first kappa shape index (κ1) is 25.0. The van der Waals surface area contributed by atoms with Crippen molar-refractivity contribution in [3.63, 3.8) is 0 Å². The average Bonchev–Trinajstić information content (AvgIpc) is 2.84. The fourth-order valence-electron chi connectivity index (χ4n) is 3.97. The highest BCUT2D eigenvalue weighted by molar-refractivity contribution is 6.02. The van der Waals surface area contributed by atoms with E-state index in [1.165, 1.54) is 6.42 Å². The first-order valence-corrected chi connectivity index (χ1v) is 11.6. The topological polar surface area (TPSA) is 143 Å². The third-order valence-electron chi connectivity index (χ3n) is 5.75. The zero-order chi connectivity index (χ0) is 24.5. The van der Waals surface area contributed by atoms with E-state index in [1.807, 2.05) is 19.1 Å². The molecule has 1 aliphatic rings. The van der Waals surface area contributed by atoms with E-state index < -0.39 is 17.9 Å². The Morgan fingerprint density at radius 3 is 2.50 bits per heavy atom. The van der Waals surface area contributed by atoms with Gasteiger partial charge in [0.1, 0.15) is 11.8 Å². The van der Waals surface area contributed by atoms with Crippen molar-refractivity contribution in [3.05, 3.63) is 59.2 Å². The molecule has 9 nitrogen and oxygen atoms in total. The standard InChI is InChI=1S/C25H33N5O4/c1-2-34-22-8-6-7-21(30-13-4-3-5-14-30)19(22)16-28-25(27)29-23(31)18-11-9-17(10-12-18)15-20(26)24(32)33/h6-12,20H,2-5,13-16,26H2,1H3,(H,32,33)(H3,27,28,29,31)/t20-/m0/s1. The molecule has 0 saturated carbocycles. The maximum absolute atomic E-state index is 12.5. The second kappa shape index (κ2) is 12.0. The number of amides is 1. The van der Waals surface area contributed by atoms with E-state index in [-0.39, 0.29) is 12.4 Å². The summed E-state index contributed by atoms with van der Waals surface area (Å²) in [5, 5.41) is 12.0. The van der Waals surface area contributed by atoms with Crippen LogP contribution in [0.1, 0.15) is 47.7 Å². The van der Waals surface area contributed by atoms with E-state index >= 15 is 0 Å². The Hall–Kier alpha value is -3.59. The molecule has 1 heterocycles. The van der Waals surface area contributed by atoms with Crippen molar-refractivity contribution in [2.75, 3.05) is 24.6 Å². The fourth-order valence-corrected chi connectivity index (χ4v) is 3.97. The normalized spacial score (nSPS) is 15.0. The number of benzene rings is 2. The Bertz CT molecular complexity index is 1020. The predicted molar refractivity (Wildman–Crippen MR) is 132 cm³/mol. The number of hydrogen-bond acceptors (Lipinski definition) is 5. The number of nitrogens with one attached hydrogen (secondary N) is 1. The molecule has 2 aromatic rings. The van der Waals surface area contributed by atoms with Gasteiger partial charge in [-0.2, -0.15) is 4.99 Å². The summed E-state index contributed by atoms with van der Waals surface area (Å²) in [6.07, 6.45) is 3.73. The number of anilines is 1. The lowest BCUT2D eigenvalue weighted by Crippen LogP contribution is -2.34.